The minimum atomic E-state index is 0.181. The minimum absolute atomic E-state index is 0.181. The van der Waals surface area contributed by atoms with Crippen molar-refractivity contribution in [3.05, 3.63) is 39.6 Å². The predicted molar refractivity (Wildman–Crippen MR) is 55.3 cm³/mol. The summed E-state index contributed by atoms with van der Waals surface area (Å²) < 4.78 is 15.9. The Morgan fingerprint density at radius 1 is 1.42 bits per heavy atom. The Bertz CT molecular complexity index is 470. The Hall–Kier alpha value is -0.670. The van der Waals surface area contributed by atoms with Crippen LogP contribution in [0.3, 0.4) is 0 Å². The molecule has 0 saturated heterocycles. The van der Waals surface area contributed by atoms with Crippen molar-refractivity contribution < 1.29 is 2.74 Å². The zero-order chi connectivity index (χ0) is 10.1. The van der Waals surface area contributed by atoms with Crippen LogP contribution in [-0.2, 0) is 0 Å². The molecule has 0 amide bonds. The first kappa shape index (κ1) is 5.89. The van der Waals surface area contributed by atoms with Crippen LogP contribution in [0.4, 0.5) is 0 Å². The van der Waals surface area contributed by atoms with Crippen LogP contribution in [0.1, 0.15) is 2.74 Å². The first-order valence-electron chi connectivity index (χ1n) is 4.37. The van der Waals surface area contributed by atoms with Gasteiger partial charge in [-0.25, -0.2) is 4.98 Å². The average molecular weight is 242 g/mol. The Morgan fingerprint density at radius 3 is 2.92 bits per heavy atom. The van der Waals surface area contributed by atoms with E-state index in [1.807, 2.05) is 24.3 Å². The molecule has 0 aliphatic rings. The van der Waals surface area contributed by atoms with Crippen molar-refractivity contribution in [3.63, 3.8) is 0 Å². The summed E-state index contributed by atoms with van der Waals surface area (Å²) in [5.41, 5.74) is 1.63. The zero-order valence-electron chi connectivity index (χ0n) is 8.04. The molecule has 2 aromatic rings. The highest BCUT2D eigenvalue weighted by atomic mass is 79.9. The third kappa shape index (κ3) is 1.42. The molecule has 0 saturated carbocycles. The third-order valence-corrected chi connectivity index (χ3v) is 2.65. The Morgan fingerprint density at radius 2 is 2.25 bits per heavy atom. The molecule has 1 nitrogen and oxygen atoms in total. The van der Waals surface area contributed by atoms with E-state index in [2.05, 4.69) is 20.9 Å². The molecule has 0 bridgehead atoms. The lowest BCUT2D eigenvalue weighted by Gasteiger charge is -1.98. The van der Waals surface area contributed by atoms with Gasteiger partial charge in [-0.1, -0.05) is 34.1 Å². The van der Waals surface area contributed by atoms with Gasteiger partial charge in [-0.3, -0.25) is 0 Å². The molecule has 1 aromatic carbocycles. The van der Waals surface area contributed by atoms with E-state index < -0.39 is 0 Å². The molecule has 3 heteroatoms. The molecule has 12 heavy (non-hydrogen) atoms. The molecule has 0 aliphatic heterocycles. The summed E-state index contributed by atoms with van der Waals surface area (Å²) in [4.78, 5) is 4.01. The standard InChI is InChI=1S/C9H6BrNS/c10-8-4-2-1-3-7(8)9-5-12-6-11-9/h1-6H/i5D,6D. The lowest BCUT2D eigenvalue weighted by molar-refractivity contribution is 1.40. The second-order valence-electron chi connectivity index (χ2n) is 2.24. The molecule has 1 aromatic heterocycles. The Balaban J connectivity index is 2.60. The molecular weight excluding hydrogens is 234 g/mol. The Labute approximate surface area is 86.0 Å². The monoisotopic (exact) mass is 241 g/mol. The highest BCUT2D eigenvalue weighted by Crippen LogP contribution is 2.26. The second-order valence-corrected chi connectivity index (χ2v) is 3.68. The topological polar surface area (TPSA) is 12.9 Å². The van der Waals surface area contributed by atoms with Gasteiger partial charge in [0.25, 0.3) is 0 Å². The molecule has 2 rings (SSSR count). The molecule has 1 heterocycles. The van der Waals surface area contributed by atoms with Gasteiger partial charge in [0.05, 0.1) is 13.9 Å². The summed E-state index contributed by atoms with van der Waals surface area (Å²) in [6.07, 6.45) is 0. The maximum atomic E-state index is 7.64. The average Bonchev–Trinajstić information content (AvgIpc) is 2.46. The summed E-state index contributed by atoms with van der Waals surface area (Å²) >= 11 is 4.47. The van der Waals surface area contributed by atoms with Crippen molar-refractivity contribution in [1.29, 1.82) is 0 Å². The highest BCUT2D eigenvalue weighted by Gasteiger charge is 2.02. The fourth-order valence-electron chi connectivity index (χ4n) is 0.931. The van der Waals surface area contributed by atoms with E-state index in [-0.39, 0.29) is 5.49 Å². The van der Waals surface area contributed by atoms with Crippen LogP contribution in [0.15, 0.2) is 39.6 Å². The van der Waals surface area contributed by atoms with Gasteiger partial charge in [-0.2, -0.15) is 0 Å². The van der Waals surface area contributed by atoms with E-state index >= 15 is 0 Å². The number of hydrogen-bond donors (Lipinski definition) is 0. The fraction of sp³-hybridized carbons (Fsp3) is 0. The normalized spacial score (nSPS) is 12.4. The summed E-state index contributed by atoms with van der Waals surface area (Å²) in [6.45, 7) is 0. The summed E-state index contributed by atoms with van der Waals surface area (Å²) in [6, 6.07) is 7.59. The zero-order valence-corrected chi connectivity index (χ0v) is 8.45. The van der Waals surface area contributed by atoms with Gasteiger partial charge in [0.2, 0.25) is 0 Å². The molecule has 0 N–H and O–H groups in total. The van der Waals surface area contributed by atoms with Crippen molar-refractivity contribution in [2.45, 2.75) is 0 Å². The van der Waals surface area contributed by atoms with Crippen LogP contribution in [0.5, 0.6) is 0 Å². The third-order valence-electron chi connectivity index (χ3n) is 1.48. The van der Waals surface area contributed by atoms with Crippen molar-refractivity contribution in [1.82, 2.24) is 4.98 Å². The van der Waals surface area contributed by atoms with Crippen LogP contribution >= 0.6 is 27.3 Å². The van der Waals surface area contributed by atoms with Crippen molar-refractivity contribution >= 4 is 27.3 Å². The van der Waals surface area contributed by atoms with Gasteiger partial charge in [-0.15, -0.1) is 11.3 Å². The fourth-order valence-corrected chi connectivity index (χ4v) is 1.84. The van der Waals surface area contributed by atoms with Crippen LogP contribution in [0, 0.1) is 0 Å². The molecule has 0 fully saturated rings. The maximum absolute atomic E-state index is 7.64. The molecule has 0 atom stereocenters. The van der Waals surface area contributed by atoms with E-state index in [1.54, 1.807) is 0 Å². The number of hydrogen-bond acceptors (Lipinski definition) is 2. The minimum Gasteiger partial charge on any atom is -0.245 e. The van der Waals surface area contributed by atoms with Gasteiger partial charge >= 0.3 is 0 Å². The first-order chi connectivity index (χ1) is 6.68. The van der Waals surface area contributed by atoms with Crippen LogP contribution in [-0.4, -0.2) is 4.98 Å². The molecule has 60 valence electrons. The summed E-state index contributed by atoms with van der Waals surface area (Å²) in [5, 5.41) is 0.335. The summed E-state index contributed by atoms with van der Waals surface area (Å²) in [7, 11) is 0. The van der Waals surface area contributed by atoms with E-state index in [9.17, 15) is 0 Å². The van der Waals surface area contributed by atoms with Gasteiger partial charge in [0.1, 0.15) is 0 Å². The van der Waals surface area contributed by atoms with Crippen LogP contribution in [0.2, 0.25) is 0 Å². The smallest absolute Gasteiger partial charge is 0.0960 e. The predicted octanol–water partition coefficient (Wildman–Crippen LogP) is 3.57. The lowest BCUT2D eigenvalue weighted by Crippen LogP contribution is -1.77. The van der Waals surface area contributed by atoms with Crippen molar-refractivity contribution in [2.24, 2.45) is 0 Å². The molecular formula is C9H6BrNS. The molecule has 0 radical (unpaired) electrons. The van der Waals surface area contributed by atoms with E-state index in [4.69, 9.17) is 2.74 Å². The second kappa shape index (κ2) is 3.37. The van der Waals surface area contributed by atoms with Gasteiger partial charge in [-0.05, 0) is 6.07 Å². The van der Waals surface area contributed by atoms with E-state index in [0.717, 1.165) is 21.4 Å². The quantitative estimate of drug-likeness (QED) is 0.744. The van der Waals surface area contributed by atoms with Gasteiger partial charge < -0.3 is 0 Å². The number of nitrogens with zero attached hydrogens (tertiary/aromatic N) is 1. The number of thiazole rings is 1. The van der Waals surface area contributed by atoms with E-state index in [1.165, 1.54) is 0 Å². The van der Waals surface area contributed by atoms with Crippen LogP contribution < -0.4 is 0 Å². The van der Waals surface area contributed by atoms with E-state index in [0.29, 0.717) is 11.1 Å². The SMILES string of the molecule is [2H]c1nc(-c2ccccc2Br)c([2H])s1. The van der Waals surface area contributed by atoms with Gasteiger partial charge in [0.15, 0.2) is 0 Å². The number of rotatable bonds is 1. The molecule has 0 unspecified atom stereocenters. The first-order valence-corrected chi connectivity index (χ1v) is 4.98. The number of benzene rings is 1. The summed E-state index contributed by atoms with van der Waals surface area (Å²) in [5.74, 6) is 0. The van der Waals surface area contributed by atoms with Crippen molar-refractivity contribution in [3.8, 4) is 11.3 Å². The van der Waals surface area contributed by atoms with Crippen molar-refractivity contribution in [2.75, 3.05) is 0 Å². The maximum Gasteiger partial charge on any atom is 0.0960 e. The highest BCUT2D eigenvalue weighted by molar-refractivity contribution is 9.10. The largest absolute Gasteiger partial charge is 0.245 e. The molecule has 0 aliphatic carbocycles. The molecule has 0 spiro atoms. The Kier molecular flexibility index (Phi) is 1.65. The van der Waals surface area contributed by atoms with Gasteiger partial charge in [0, 0.05) is 15.4 Å². The lowest BCUT2D eigenvalue weighted by atomic mass is 10.2. The number of aromatic nitrogens is 1. The van der Waals surface area contributed by atoms with Crippen LogP contribution in [0.25, 0.3) is 11.3 Å². The number of halogens is 1.